The molecule has 1 aliphatic rings. The summed E-state index contributed by atoms with van der Waals surface area (Å²) in [5, 5.41) is -0.0717. The van der Waals surface area contributed by atoms with E-state index >= 15 is 0 Å². The fourth-order valence-electron chi connectivity index (χ4n) is 3.33. The third-order valence-electron chi connectivity index (χ3n) is 5.01. The molecule has 1 saturated heterocycles. The predicted molar refractivity (Wildman–Crippen MR) is 107 cm³/mol. The number of anilines is 1. The van der Waals surface area contributed by atoms with Gasteiger partial charge in [0.15, 0.2) is 0 Å². The van der Waals surface area contributed by atoms with Crippen LogP contribution in [-0.2, 0) is 6.18 Å². The van der Waals surface area contributed by atoms with Crippen LogP contribution in [-0.4, -0.2) is 56.2 Å². The fourth-order valence-corrected chi connectivity index (χ4v) is 3.62. The number of carbonyl (C=O) groups is 1. The van der Waals surface area contributed by atoms with Gasteiger partial charge in [-0.05, 0) is 25.1 Å². The van der Waals surface area contributed by atoms with Crippen LogP contribution in [0.4, 0.5) is 19.0 Å². The molecule has 0 atom stereocenters. The van der Waals surface area contributed by atoms with E-state index in [0.717, 1.165) is 17.8 Å². The van der Waals surface area contributed by atoms with Crippen molar-refractivity contribution in [3.8, 4) is 11.5 Å². The van der Waals surface area contributed by atoms with Gasteiger partial charge in [-0.1, -0.05) is 11.6 Å². The van der Waals surface area contributed by atoms with E-state index in [2.05, 4.69) is 4.98 Å². The lowest BCUT2D eigenvalue weighted by atomic mass is 10.1. The topological polar surface area (TPSA) is 54.9 Å². The minimum absolute atomic E-state index is 0.0717. The van der Waals surface area contributed by atoms with Gasteiger partial charge in [-0.3, -0.25) is 4.79 Å². The molecule has 0 unspecified atom stereocenters. The summed E-state index contributed by atoms with van der Waals surface area (Å²) in [6.45, 7) is 3.37. The summed E-state index contributed by atoms with van der Waals surface area (Å²) in [6.07, 6.45) is -3.74. The Kier molecular flexibility index (Phi) is 6.30. The van der Waals surface area contributed by atoms with Crippen molar-refractivity contribution >= 4 is 23.3 Å². The molecule has 0 N–H and O–H groups in total. The largest absolute Gasteiger partial charge is 0.496 e. The molecule has 10 heteroatoms. The highest BCUT2D eigenvalue weighted by molar-refractivity contribution is 6.33. The number of rotatable bonds is 4. The zero-order valence-electron chi connectivity index (χ0n) is 16.7. The van der Waals surface area contributed by atoms with Crippen LogP contribution in [0.2, 0.25) is 5.02 Å². The van der Waals surface area contributed by atoms with Crippen LogP contribution in [0, 0.1) is 6.92 Å². The number of ether oxygens (including phenoxy) is 2. The Morgan fingerprint density at radius 3 is 2.10 bits per heavy atom. The number of alkyl halides is 3. The van der Waals surface area contributed by atoms with E-state index < -0.39 is 11.7 Å². The van der Waals surface area contributed by atoms with E-state index in [4.69, 9.17) is 21.1 Å². The monoisotopic (exact) mass is 443 g/mol. The number of hydrogen-bond acceptors (Lipinski definition) is 5. The fraction of sp³-hybridized carbons (Fsp3) is 0.400. The number of amides is 1. The Bertz CT molecular complexity index is 920. The Morgan fingerprint density at radius 2 is 1.63 bits per heavy atom. The molecule has 1 aliphatic heterocycles. The van der Waals surface area contributed by atoms with Gasteiger partial charge in [0.1, 0.15) is 17.3 Å². The minimum atomic E-state index is -4.50. The highest BCUT2D eigenvalue weighted by atomic mass is 35.5. The standard InChI is InChI=1S/C20H21ClF3N3O3/c1-12-16(29-2)8-13(9-17(12)30-3)19(28)27-6-4-26(5-7-27)18-15(21)10-14(11-25-18)20(22,23)24/h8-11H,4-7H2,1-3H3. The molecule has 0 spiro atoms. The molecule has 0 bridgehead atoms. The number of hydrogen-bond donors (Lipinski definition) is 0. The van der Waals surface area contributed by atoms with E-state index in [-0.39, 0.29) is 16.7 Å². The first-order valence-electron chi connectivity index (χ1n) is 9.15. The van der Waals surface area contributed by atoms with Gasteiger partial charge in [0, 0.05) is 43.5 Å². The van der Waals surface area contributed by atoms with Gasteiger partial charge >= 0.3 is 6.18 Å². The highest BCUT2D eigenvalue weighted by Crippen LogP contribution is 2.34. The van der Waals surface area contributed by atoms with E-state index in [0.29, 0.717) is 43.2 Å². The van der Waals surface area contributed by atoms with Crippen LogP contribution in [0.25, 0.3) is 0 Å². The van der Waals surface area contributed by atoms with Crippen LogP contribution >= 0.6 is 11.6 Å². The van der Waals surface area contributed by atoms with Gasteiger partial charge in [-0.2, -0.15) is 13.2 Å². The molecule has 1 aromatic carbocycles. The lowest BCUT2D eigenvalue weighted by molar-refractivity contribution is -0.137. The average Bonchev–Trinajstić information content (AvgIpc) is 2.73. The molecular formula is C20H21ClF3N3O3. The SMILES string of the molecule is COc1cc(C(=O)N2CCN(c3ncc(C(F)(F)F)cc3Cl)CC2)cc(OC)c1C. The normalized spacial score (nSPS) is 14.6. The van der Waals surface area contributed by atoms with Crippen LogP contribution < -0.4 is 14.4 Å². The number of halogens is 4. The molecule has 0 radical (unpaired) electrons. The van der Waals surface area contributed by atoms with Crippen molar-refractivity contribution in [3.05, 3.63) is 46.1 Å². The summed E-state index contributed by atoms with van der Waals surface area (Å²) in [4.78, 5) is 20.3. The van der Waals surface area contributed by atoms with Gasteiger partial charge < -0.3 is 19.3 Å². The highest BCUT2D eigenvalue weighted by Gasteiger charge is 2.32. The van der Waals surface area contributed by atoms with Gasteiger partial charge in [0.05, 0.1) is 24.8 Å². The first-order valence-corrected chi connectivity index (χ1v) is 9.53. The van der Waals surface area contributed by atoms with Gasteiger partial charge in [-0.15, -0.1) is 0 Å². The van der Waals surface area contributed by atoms with Gasteiger partial charge in [-0.25, -0.2) is 4.98 Å². The molecule has 2 aromatic rings. The van der Waals surface area contributed by atoms with Crippen molar-refractivity contribution in [3.63, 3.8) is 0 Å². The second-order valence-electron chi connectivity index (χ2n) is 6.81. The van der Waals surface area contributed by atoms with Gasteiger partial charge in [0.25, 0.3) is 5.91 Å². The molecule has 1 aromatic heterocycles. The number of aromatic nitrogens is 1. The maximum Gasteiger partial charge on any atom is 0.417 e. The molecule has 2 heterocycles. The van der Waals surface area contributed by atoms with Crippen LogP contribution in [0.1, 0.15) is 21.5 Å². The summed E-state index contributed by atoms with van der Waals surface area (Å²) < 4.78 is 49.1. The van der Waals surface area contributed by atoms with Crippen molar-refractivity contribution in [2.75, 3.05) is 45.3 Å². The molecule has 0 aliphatic carbocycles. The molecule has 30 heavy (non-hydrogen) atoms. The maximum atomic E-state index is 12.9. The third-order valence-corrected chi connectivity index (χ3v) is 5.29. The number of methoxy groups -OCH3 is 2. The Labute approximate surface area is 177 Å². The Morgan fingerprint density at radius 1 is 1.07 bits per heavy atom. The number of nitrogens with zero attached hydrogens (tertiary/aromatic N) is 3. The molecule has 3 rings (SSSR count). The summed E-state index contributed by atoms with van der Waals surface area (Å²) in [5.74, 6) is 1.20. The Hall–Kier alpha value is -2.68. The summed E-state index contributed by atoms with van der Waals surface area (Å²) in [5.41, 5.74) is 0.338. The molecule has 1 fully saturated rings. The molecule has 162 valence electrons. The molecule has 6 nitrogen and oxygen atoms in total. The molecular weight excluding hydrogens is 423 g/mol. The van der Waals surface area contributed by atoms with E-state index in [1.165, 1.54) is 14.2 Å². The summed E-state index contributed by atoms with van der Waals surface area (Å²) >= 11 is 6.03. The number of benzene rings is 1. The first kappa shape index (κ1) is 22.0. The zero-order valence-corrected chi connectivity index (χ0v) is 17.5. The van der Waals surface area contributed by atoms with Gasteiger partial charge in [0.2, 0.25) is 0 Å². The number of pyridine rings is 1. The van der Waals surface area contributed by atoms with Crippen molar-refractivity contribution in [1.82, 2.24) is 9.88 Å². The van der Waals surface area contributed by atoms with E-state index in [9.17, 15) is 18.0 Å². The third kappa shape index (κ3) is 4.40. The van der Waals surface area contributed by atoms with Crippen molar-refractivity contribution in [2.24, 2.45) is 0 Å². The maximum absolute atomic E-state index is 12.9. The number of carbonyl (C=O) groups excluding carboxylic acids is 1. The zero-order chi connectivity index (χ0) is 22.1. The first-order chi connectivity index (χ1) is 14.2. The Balaban J connectivity index is 1.72. The van der Waals surface area contributed by atoms with E-state index in [1.54, 1.807) is 21.9 Å². The summed E-state index contributed by atoms with van der Waals surface area (Å²) in [7, 11) is 3.05. The lowest BCUT2D eigenvalue weighted by Gasteiger charge is -2.36. The lowest BCUT2D eigenvalue weighted by Crippen LogP contribution is -2.49. The van der Waals surface area contributed by atoms with Crippen LogP contribution in [0.3, 0.4) is 0 Å². The molecule has 0 saturated carbocycles. The second-order valence-corrected chi connectivity index (χ2v) is 7.22. The van der Waals surface area contributed by atoms with Crippen molar-refractivity contribution < 1.29 is 27.4 Å². The van der Waals surface area contributed by atoms with Crippen LogP contribution in [0.5, 0.6) is 11.5 Å². The second kappa shape index (κ2) is 8.59. The van der Waals surface area contributed by atoms with Crippen molar-refractivity contribution in [1.29, 1.82) is 0 Å². The quantitative estimate of drug-likeness (QED) is 0.713. The average molecular weight is 444 g/mol. The smallest absolute Gasteiger partial charge is 0.417 e. The van der Waals surface area contributed by atoms with Crippen LogP contribution in [0.15, 0.2) is 24.4 Å². The minimum Gasteiger partial charge on any atom is -0.496 e. The summed E-state index contributed by atoms with van der Waals surface area (Å²) in [6, 6.07) is 4.20. The van der Waals surface area contributed by atoms with E-state index in [1.807, 2.05) is 6.92 Å². The molecule has 1 amide bonds. The van der Waals surface area contributed by atoms with Crippen molar-refractivity contribution in [2.45, 2.75) is 13.1 Å². The number of piperazine rings is 1. The predicted octanol–water partition coefficient (Wildman–Crippen LogP) is 4.04.